The summed E-state index contributed by atoms with van der Waals surface area (Å²) < 4.78 is 0. The van der Waals surface area contributed by atoms with E-state index in [1.807, 2.05) is 18.7 Å². The smallest absolute Gasteiger partial charge is 0.317 e. The predicted octanol–water partition coefficient (Wildman–Crippen LogP) is 2.63. The van der Waals surface area contributed by atoms with E-state index in [1.165, 1.54) is 11.3 Å². The number of aliphatic hydroxyl groups excluding tert-OH is 1. The number of para-hydroxylation sites is 1. The lowest BCUT2D eigenvalue weighted by molar-refractivity contribution is 0.147. The zero-order chi connectivity index (χ0) is 17.6. The number of rotatable bonds is 6. The monoisotopic (exact) mass is 333 g/mol. The van der Waals surface area contributed by atoms with Crippen LogP contribution < -0.4 is 10.2 Å². The van der Waals surface area contributed by atoms with E-state index in [1.54, 1.807) is 0 Å². The molecule has 1 aliphatic heterocycles. The Kier molecular flexibility index (Phi) is 6.49. The van der Waals surface area contributed by atoms with Crippen molar-refractivity contribution >= 4 is 11.7 Å². The van der Waals surface area contributed by atoms with Gasteiger partial charge in [0.2, 0.25) is 0 Å². The van der Waals surface area contributed by atoms with Gasteiger partial charge in [-0.15, -0.1) is 0 Å². The molecular weight excluding hydrogens is 302 g/mol. The van der Waals surface area contributed by atoms with Crippen molar-refractivity contribution in [1.29, 1.82) is 0 Å². The van der Waals surface area contributed by atoms with Crippen LogP contribution >= 0.6 is 0 Å². The van der Waals surface area contributed by atoms with Gasteiger partial charge in [-0.2, -0.15) is 0 Å². The Morgan fingerprint density at radius 3 is 2.50 bits per heavy atom. The van der Waals surface area contributed by atoms with E-state index in [2.05, 4.69) is 41.4 Å². The number of hydrogen-bond acceptors (Lipinski definition) is 3. The molecule has 5 heteroatoms. The van der Waals surface area contributed by atoms with Gasteiger partial charge in [0, 0.05) is 45.0 Å². The van der Waals surface area contributed by atoms with Crippen molar-refractivity contribution in [2.45, 2.75) is 33.6 Å². The third-order valence-electron chi connectivity index (χ3n) is 4.76. The lowest BCUT2D eigenvalue weighted by atomic mass is 9.89. The van der Waals surface area contributed by atoms with Crippen LogP contribution in [-0.2, 0) is 0 Å². The average Bonchev–Trinajstić information content (AvgIpc) is 2.59. The van der Waals surface area contributed by atoms with Crippen molar-refractivity contribution in [3.8, 4) is 0 Å². The molecule has 0 unspecified atom stereocenters. The molecular formula is C19H31N3O2. The summed E-state index contributed by atoms with van der Waals surface area (Å²) in [6, 6.07) is 8.42. The summed E-state index contributed by atoms with van der Waals surface area (Å²) in [5.74, 6) is 0. The minimum Gasteiger partial charge on any atom is -0.396 e. The maximum Gasteiger partial charge on any atom is 0.317 e. The van der Waals surface area contributed by atoms with Gasteiger partial charge < -0.3 is 20.2 Å². The minimum absolute atomic E-state index is 0.0289. The zero-order valence-electron chi connectivity index (χ0n) is 15.2. The number of aliphatic hydroxyl groups is 1. The molecule has 0 bridgehead atoms. The molecule has 1 aromatic rings. The summed E-state index contributed by atoms with van der Waals surface area (Å²) in [7, 11) is 0. The Bertz CT molecular complexity index is 537. The molecule has 1 fully saturated rings. The van der Waals surface area contributed by atoms with Crippen LogP contribution in [0.1, 0.15) is 32.3 Å². The van der Waals surface area contributed by atoms with Crippen LogP contribution in [0.4, 0.5) is 10.5 Å². The van der Waals surface area contributed by atoms with Gasteiger partial charge in [-0.3, -0.25) is 0 Å². The number of benzene rings is 1. The van der Waals surface area contributed by atoms with Crippen LogP contribution in [0, 0.1) is 12.3 Å². The zero-order valence-corrected chi connectivity index (χ0v) is 15.2. The van der Waals surface area contributed by atoms with Gasteiger partial charge in [0.05, 0.1) is 0 Å². The van der Waals surface area contributed by atoms with E-state index in [0.29, 0.717) is 6.54 Å². The van der Waals surface area contributed by atoms with Crippen LogP contribution in [0.15, 0.2) is 24.3 Å². The standard InChI is InChI=1S/C19H31N3O2/c1-16-7-4-5-8-17(16)21-11-13-22(14-12-21)18(24)20-10-6-9-19(2,3)15-23/h4-5,7-8,23H,6,9-15H2,1-3H3,(H,20,24). The molecule has 0 saturated carbocycles. The number of amides is 2. The van der Waals surface area contributed by atoms with Crippen LogP contribution in [0.5, 0.6) is 0 Å². The summed E-state index contributed by atoms with van der Waals surface area (Å²) in [5, 5.41) is 12.2. The minimum atomic E-state index is -0.0656. The van der Waals surface area contributed by atoms with Gasteiger partial charge in [-0.05, 0) is 36.8 Å². The van der Waals surface area contributed by atoms with E-state index in [-0.39, 0.29) is 18.1 Å². The summed E-state index contributed by atoms with van der Waals surface area (Å²) in [6.07, 6.45) is 1.80. The Morgan fingerprint density at radius 1 is 1.21 bits per heavy atom. The highest BCUT2D eigenvalue weighted by atomic mass is 16.3. The normalized spacial score (nSPS) is 15.5. The molecule has 2 N–H and O–H groups in total. The second-order valence-electron chi connectivity index (χ2n) is 7.42. The highest BCUT2D eigenvalue weighted by molar-refractivity contribution is 5.74. The summed E-state index contributed by atoms with van der Waals surface area (Å²) >= 11 is 0. The third kappa shape index (κ3) is 5.13. The Labute approximate surface area is 145 Å². The number of anilines is 1. The topological polar surface area (TPSA) is 55.8 Å². The van der Waals surface area contributed by atoms with E-state index in [9.17, 15) is 9.90 Å². The fourth-order valence-corrected chi connectivity index (χ4v) is 3.02. The van der Waals surface area contributed by atoms with Crippen molar-refractivity contribution in [2.24, 2.45) is 5.41 Å². The van der Waals surface area contributed by atoms with Crippen LogP contribution in [0.25, 0.3) is 0 Å². The van der Waals surface area contributed by atoms with Crippen LogP contribution in [0.2, 0.25) is 0 Å². The van der Waals surface area contributed by atoms with Gasteiger partial charge in [0.1, 0.15) is 0 Å². The summed E-state index contributed by atoms with van der Waals surface area (Å²) in [6.45, 7) is 10.3. The Hall–Kier alpha value is -1.75. The first-order valence-electron chi connectivity index (χ1n) is 8.87. The summed E-state index contributed by atoms with van der Waals surface area (Å²) in [5.41, 5.74) is 2.48. The van der Waals surface area contributed by atoms with Crippen molar-refractivity contribution < 1.29 is 9.90 Å². The quantitative estimate of drug-likeness (QED) is 0.787. The number of carbonyl (C=O) groups is 1. The number of carbonyl (C=O) groups excluding carboxylic acids is 1. The Morgan fingerprint density at radius 2 is 1.88 bits per heavy atom. The van der Waals surface area contributed by atoms with Crippen LogP contribution in [-0.4, -0.2) is 55.4 Å². The fourth-order valence-electron chi connectivity index (χ4n) is 3.02. The number of urea groups is 1. The fraction of sp³-hybridized carbons (Fsp3) is 0.632. The predicted molar refractivity (Wildman–Crippen MR) is 98.5 cm³/mol. The van der Waals surface area contributed by atoms with Gasteiger partial charge in [-0.1, -0.05) is 32.0 Å². The molecule has 0 spiro atoms. The van der Waals surface area contributed by atoms with Crippen molar-refractivity contribution in [3.63, 3.8) is 0 Å². The number of aryl methyl sites for hydroxylation is 1. The molecule has 0 aliphatic carbocycles. The first kappa shape index (κ1) is 18.6. The SMILES string of the molecule is Cc1ccccc1N1CCN(C(=O)NCCCC(C)(C)CO)CC1. The maximum atomic E-state index is 12.2. The molecule has 0 atom stereocenters. The number of nitrogens with zero attached hydrogens (tertiary/aromatic N) is 2. The molecule has 1 aliphatic rings. The van der Waals surface area contributed by atoms with E-state index >= 15 is 0 Å². The number of piperazine rings is 1. The van der Waals surface area contributed by atoms with E-state index in [4.69, 9.17) is 0 Å². The molecule has 0 radical (unpaired) electrons. The second kappa shape index (κ2) is 8.38. The summed E-state index contributed by atoms with van der Waals surface area (Å²) in [4.78, 5) is 16.5. The second-order valence-corrected chi connectivity index (χ2v) is 7.42. The van der Waals surface area contributed by atoms with Gasteiger partial charge in [-0.25, -0.2) is 4.79 Å². The van der Waals surface area contributed by atoms with Crippen molar-refractivity contribution in [2.75, 3.05) is 44.2 Å². The lowest BCUT2D eigenvalue weighted by Gasteiger charge is -2.36. The highest BCUT2D eigenvalue weighted by Crippen LogP contribution is 2.21. The van der Waals surface area contributed by atoms with E-state index in [0.717, 1.165) is 39.0 Å². The van der Waals surface area contributed by atoms with Gasteiger partial charge in [0.15, 0.2) is 0 Å². The molecule has 0 aromatic heterocycles. The molecule has 2 amide bonds. The van der Waals surface area contributed by atoms with Crippen LogP contribution in [0.3, 0.4) is 0 Å². The molecule has 1 heterocycles. The molecule has 2 rings (SSSR count). The van der Waals surface area contributed by atoms with Gasteiger partial charge in [0.25, 0.3) is 0 Å². The maximum absolute atomic E-state index is 12.2. The van der Waals surface area contributed by atoms with Crippen molar-refractivity contribution in [1.82, 2.24) is 10.2 Å². The van der Waals surface area contributed by atoms with Crippen molar-refractivity contribution in [3.05, 3.63) is 29.8 Å². The molecule has 5 nitrogen and oxygen atoms in total. The van der Waals surface area contributed by atoms with E-state index < -0.39 is 0 Å². The molecule has 1 saturated heterocycles. The largest absolute Gasteiger partial charge is 0.396 e. The first-order chi connectivity index (χ1) is 11.4. The molecule has 1 aromatic carbocycles. The number of nitrogens with one attached hydrogen (secondary N) is 1. The first-order valence-corrected chi connectivity index (χ1v) is 8.87. The number of hydrogen-bond donors (Lipinski definition) is 2. The lowest BCUT2D eigenvalue weighted by Crippen LogP contribution is -2.52. The third-order valence-corrected chi connectivity index (χ3v) is 4.76. The molecule has 134 valence electrons. The Balaban J connectivity index is 1.72. The highest BCUT2D eigenvalue weighted by Gasteiger charge is 2.22. The van der Waals surface area contributed by atoms with Gasteiger partial charge >= 0.3 is 6.03 Å². The average molecular weight is 333 g/mol. The molecule has 24 heavy (non-hydrogen) atoms.